The highest BCUT2D eigenvalue weighted by Crippen LogP contribution is 2.53. The lowest BCUT2D eigenvalue weighted by molar-refractivity contribution is -0.384. The summed E-state index contributed by atoms with van der Waals surface area (Å²) in [5.74, 6) is 2.35. The van der Waals surface area contributed by atoms with E-state index in [9.17, 15) is 19.7 Å². The molecule has 4 bridgehead atoms. The quantitative estimate of drug-likeness (QED) is 0.451. The van der Waals surface area contributed by atoms with E-state index in [4.69, 9.17) is 11.6 Å². The second kappa shape index (κ2) is 9.63. The van der Waals surface area contributed by atoms with Crippen LogP contribution in [-0.4, -0.2) is 53.9 Å². The number of nitrogens with one attached hydrogen (secondary N) is 1. The minimum atomic E-state index is -0.420. The third kappa shape index (κ3) is 4.56. The average molecular weight is 523 g/mol. The molecule has 2 amide bonds. The molecule has 2 aromatic carbocycles. The van der Waals surface area contributed by atoms with Crippen LogP contribution in [0, 0.1) is 33.8 Å². The maximum atomic E-state index is 13.2. The Hall–Kier alpha value is -3.13. The normalized spacial score (nSPS) is 28.3. The van der Waals surface area contributed by atoms with Crippen LogP contribution in [0.3, 0.4) is 0 Å². The Morgan fingerprint density at radius 3 is 2.19 bits per heavy atom. The van der Waals surface area contributed by atoms with E-state index in [2.05, 4.69) is 5.32 Å². The van der Waals surface area contributed by atoms with Gasteiger partial charge in [0.25, 0.3) is 17.5 Å². The van der Waals surface area contributed by atoms with Gasteiger partial charge < -0.3 is 15.1 Å². The minimum absolute atomic E-state index is 0.0800. The van der Waals surface area contributed by atoms with E-state index in [1.165, 1.54) is 38.2 Å². The molecular formula is C28H31ClN4O4. The van der Waals surface area contributed by atoms with Gasteiger partial charge in [-0.1, -0.05) is 23.7 Å². The summed E-state index contributed by atoms with van der Waals surface area (Å²) in [5, 5.41) is 15.7. The number of carbonyl (C=O) groups is 2. The zero-order valence-corrected chi connectivity index (χ0v) is 21.4. The fourth-order valence-electron chi connectivity index (χ4n) is 7.43. The van der Waals surface area contributed by atoms with E-state index in [1.807, 2.05) is 4.90 Å². The lowest BCUT2D eigenvalue weighted by Gasteiger charge is -2.54. The number of hydrogen-bond acceptors (Lipinski definition) is 5. The number of nitrogens with zero attached hydrogens (tertiary/aromatic N) is 3. The van der Waals surface area contributed by atoms with Gasteiger partial charge in [-0.05, 0) is 80.0 Å². The third-order valence-corrected chi connectivity index (χ3v) is 9.30. The molecule has 4 aliphatic carbocycles. The molecule has 1 N–H and O–H groups in total. The van der Waals surface area contributed by atoms with Gasteiger partial charge in [0.15, 0.2) is 0 Å². The number of anilines is 1. The lowest BCUT2D eigenvalue weighted by atomic mass is 9.54. The van der Waals surface area contributed by atoms with E-state index in [-0.39, 0.29) is 23.5 Å². The summed E-state index contributed by atoms with van der Waals surface area (Å²) in [6.07, 6.45) is 6.14. The second-order valence-corrected chi connectivity index (χ2v) is 11.6. The number of nitro benzene ring substituents is 1. The third-order valence-electron chi connectivity index (χ3n) is 8.97. The highest BCUT2D eigenvalue weighted by molar-refractivity contribution is 6.33. The summed E-state index contributed by atoms with van der Waals surface area (Å²) in [6, 6.07) is 11.9. The summed E-state index contributed by atoms with van der Waals surface area (Å²) in [6.45, 7) is 1.76. The van der Waals surface area contributed by atoms with E-state index in [0.29, 0.717) is 59.9 Å². The van der Waals surface area contributed by atoms with E-state index in [1.54, 1.807) is 41.3 Å². The highest BCUT2D eigenvalue weighted by Gasteiger charge is 2.48. The molecular weight excluding hydrogens is 492 g/mol. The van der Waals surface area contributed by atoms with Gasteiger partial charge in [-0.2, -0.15) is 0 Å². The smallest absolute Gasteiger partial charge is 0.293 e. The Kier molecular flexibility index (Phi) is 6.31. The molecule has 37 heavy (non-hydrogen) atoms. The molecule has 0 atom stereocenters. The first-order valence-corrected chi connectivity index (χ1v) is 13.6. The molecule has 0 radical (unpaired) electrons. The Bertz CT molecular complexity index is 1210. The zero-order chi connectivity index (χ0) is 25.7. The largest absolute Gasteiger partial charge is 0.362 e. The van der Waals surface area contributed by atoms with Gasteiger partial charge in [0.05, 0.1) is 15.5 Å². The van der Waals surface area contributed by atoms with Gasteiger partial charge in [0.1, 0.15) is 5.69 Å². The van der Waals surface area contributed by atoms with Gasteiger partial charge in [-0.15, -0.1) is 0 Å². The molecule has 5 fully saturated rings. The first-order chi connectivity index (χ1) is 17.9. The van der Waals surface area contributed by atoms with Crippen molar-refractivity contribution in [3.63, 3.8) is 0 Å². The predicted molar refractivity (Wildman–Crippen MR) is 141 cm³/mol. The van der Waals surface area contributed by atoms with Crippen molar-refractivity contribution in [2.75, 3.05) is 31.1 Å². The number of amides is 2. The second-order valence-electron chi connectivity index (χ2n) is 11.1. The number of carbonyl (C=O) groups excluding carboxylic acids is 2. The van der Waals surface area contributed by atoms with Crippen molar-refractivity contribution in [1.29, 1.82) is 0 Å². The molecule has 0 unspecified atom stereocenters. The van der Waals surface area contributed by atoms with E-state index in [0.717, 1.165) is 11.8 Å². The number of piperazine rings is 1. The highest BCUT2D eigenvalue weighted by atomic mass is 35.5. The molecule has 0 spiro atoms. The molecule has 1 saturated heterocycles. The molecule has 5 aliphatic rings. The Labute approximate surface area is 221 Å². The monoisotopic (exact) mass is 522 g/mol. The van der Waals surface area contributed by atoms with Crippen molar-refractivity contribution in [3.05, 3.63) is 68.7 Å². The van der Waals surface area contributed by atoms with E-state index < -0.39 is 4.92 Å². The Balaban J connectivity index is 1.14. The summed E-state index contributed by atoms with van der Waals surface area (Å²) in [4.78, 5) is 41.3. The van der Waals surface area contributed by atoms with Crippen LogP contribution in [0.15, 0.2) is 42.5 Å². The maximum Gasteiger partial charge on any atom is 0.293 e. The van der Waals surface area contributed by atoms with Crippen molar-refractivity contribution >= 4 is 34.8 Å². The van der Waals surface area contributed by atoms with Crippen molar-refractivity contribution in [3.8, 4) is 0 Å². The number of benzene rings is 2. The molecule has 194 valence electrons. The fraction of sp³-hybridized carbons (Fsp3) is 0.500. The summed E-state index contributed by atoms with van der Waals surface area (Å²) in [7, 11) is 0. The van der Waals surface area contributed by atoms with Crippen LogP contribution in [0.5, 0.6) is 0 Å². The number of nitro groups is 1. The first-order valence-electron chi connectivity index (χ1n) is 13.3. The lowest BCUT2D eigenvalue weighted by Crippen LogP contribution is -2.55. The number of hydrogen-bond donors (Lipinski definition) is 1. The molecule has 8 nitrogen and oxygen atoms in total. The van der Waals surface area contributed by atoms with Crippen LogP contribution in [0.4, 0.5) is 11.4 Å². The van der Waals surface area contributed by atoms with Crippen LogP contribution in [-0.2, 0) is 0 Å². The first kappa shape index (κ1) is 24.2. The van der Waals surface area contributed by atoms with Gasteiger partial charge in [0.2, 0.25) is 0 Å². The Morgan fingerprint density at radius 2 is 1.57 bits per heavy atom. The van der Waals surface area contributed by atoms with Gasteiger partial charge >= 0.3 is 0 Å². The standard InChI is InChI=1S/C28H31ClN4O4/c29-23-4-2-1-3-22(23)28(35)32-9-7-31(8-10-32)24-6-5-19(16-25(24)33(36)37)27(34)30-26-20-12-17-11-18(14-20)15-21(26)13-17/h1-6,16-18,20-21,26H,7-15H2,(H,30,34). The number of rotatable bonds is 5. The van der Waals surface area contributed by atoms with Crippen LogP contribution < -0.4 is 10.2 Å². The van der Waals surface area contributed by atoms with E-state index >= 15 is 0 Å². The van der Waals surface area contributed by atoms with Crippen molar-refractivity contribution < 1.29 is 14.5 Å². The van der Waals surface area contributed by atoms with Gasteiger partial charge in [-0.25, -0.2) is 0 Å². The van der Waals surface area contributed by atoms with Gasteiger partial charge in [0, 0.05) is 43.9 Å². The van der Waals surface area contributed by atoms with Crippen molar-refractivity contribution in [2.24, 2.45) is 23.7 Å². The molecule has 9 heteroatoms. The molecule has 1 heterocycles. The van der Waals surface area contributed by atoms with Gasteiger partial charge in [-0.3, -0.25) is 19.7 Å². The molecule has 0 aromatic heterocycles. The summed E-state index contributed by atoms with van der Waals surface area (Å²) >= 11 is 6.19. The average Bonchev–Trinajstić information content (AvgIpc) is 2.90. The van der Waals surface area contributed by atoms with Crippen molar-refractivity contribution in [2.45, 2.75) is 38.1 Å². The fourth-order valence-corrected chi connectivity index (χ4v) is 7.65. The van der Waals surface area contributed by atoms with Crippen LogP contribution in [0.1, 0.15) is 52.8 Å². The van der Waals surface area contributed by atoms with Crippen molar-refractivity contribution in [1.82, 2.24) is 10.2 Å². The van der Waals surface area contributed by atoms with Crippen LogP contribution in [0.25, 0.3) is 0 Å². The molecule has 2 aromatic rings. The number of halogens is 1. The minimum Gasteiger partial charge on any atom is -0.362 e. The topological polar surface area (TPSA) is 95.8 Å². The SMILES string of the molecule is O=C(NC1C2CC3CC(C2)CC1C3)c1ccc(N2CCN(C(=O)c3ccccc3Cl)CC2)c([N+](=O)[O-])c1. The van der Waals surface area contributed by atoms with Crippen LogP contribution in [0.2, 0.25) is 5.02 Å². The Morgan fingerprint density at radius 1 is 0.919 bits per heavy atom. The summed E-state index contributed by atoms with van der Waals surface area (Å²) in [5.41, 5.74) is 1.18. The summed E-state index contributed by atoms with van der Waals surface area (Å²) < 4.78 is 0. The maximum absolute atomic E-state index is 13.2. The molecule has 4 saturated carbocycles. The zero-order valence-electron chi connectivity index (χ0n) is 20.6. The van der Waals surface area contributed by atoms with Crippen LogP contribution >= 0.6 is 11.6 Å². The molecule has 7 rings (SSSR count). The predicted octanol–water partition coefficient (Wildman–Crippen LogP) is 4.77. The molecule has 1 aliphatic heterocycles.